The van der Waals surface area contributed by atoms with E-state index < -0.39 is 14.3 Å². The van der Waals surface area contributed by atoms with Crippen LogP contribution < -0.4 is 9.74 Å². The van der Waals surface area contributed by atoms with Crippen LogP contribution in [0.15, 0.2) is 40.2 Å². The summed E-state index contributed by atoms with van der Waals surface area (Å²) < 4.78 is 11.6. The van der Waals surface area contributed by atoms with Gasteiger partial charge in [0.15, 0.2) is 0 Å². The molecule has 8 nitrogen and oxygen atoms in total. The summed E-state index contributed by atoms with van der Waals surface area (Å²) in [7, 11) is -1.93. The zero-order valence-corrected chi connectivity index (χ0v) is 21.0. The minimum Gasteiger partial charge on any atom is -0.542 e. The zero-order chi connectivity index (χ0) is 24.2. The van der Waals surface area contributed by atoms with E-state index in [2.05, 4.69) is 49.3 Å². The highest BCUT2D eigenvalue weighted by molar-refractivity contribution is 6.74. The molecule has 0 saturated carbocycles. The summed E-state index contributed by atoms with van der Waals surface area (Å²) in [4.78, 5) is 28.1. The molecule has 0 aliphatic heterocycles. The summed E-state index contributed by atoms with van der Waals surface area (Å²) in [5, 5.41) is 16.2. The first-order valence-electron chi connectivity index (χ1n) is 11.3. The molecule has 1 amide bonds. The van der Waals surface area contributed by atoms with Gasteiger partial charge >= 0.3 is 5.97 Å². The van der Waals surface area contributed by atoms with E-state index >= 15 is 0 Å². The van der Waals surface area contributed by atoms with Gasteiger partial charge in [0.1, 0.15) is 17.2 Å². The van der Waals surface area contributed by atoms with Gasteiger partial charge in [0.05, 0.1) is 17.5 Å². The lowest BCUT2D eigenvalue weighted by molar-refractivity contribution is -0.133. The van der Waals surface area contributed by atoms with Crippen molar-refractivity contribution in [1.82, 2.24) is 15.5 Å². The number of aliphatic carboxylic acids is 1. The summed E-state index contributed by atoms with van der Waals surface area (Å²) >= 11 is 0. The number of carbonyl (C=O) groups is 2. The van der Waals surface area contributed by atoms with E-state index in [0.717, 1.165) is 18.6 Å². The van der Waals surface area contributed by atoms with Crippen LogP contribution in [0, 0.1) is 0 Å². The van der Waals surface area contributed by atoms with Crippen molar-refractivity contribution in [2.24, 2.45) is 0 Å². The van der Waals surface area contributed by atoms with Gasteiger partial charge in [-0.3, -0.25) is 9.78 Å². The molecule has 0 fully saturated rings. The van der Waals surface area contributed by atoms with Crippen molar-refractivity contribution in [2.75, 3.05) is 0 Å². The van der Waals surface area contributed by atoms with Gasteiger partial charge in [-0.1, -0.05) is 25.9 Å². The third-order valence-corrected chi connectivity index (χ3v) is 10.7. The van der Waals surface area contributed by atoms with Gasteiger partial charge in [-0.25, -0.2) is 4.79 Å². The second-order valence-electron chi connectivity index (χ2n) is 9.94. The summed E-state index contributed by atoms with van der Waals surface area (Å²) in [5.41, 5.74) is 2.09. The number of hydrogen-bond donors (Lipinski definition) is 2. The van der Waals surface area contributed by atoms with Crippen molar-refractivity contribution in [3.8, 4) is 17.1 Å². The number of pyridine rings is 1. The number of allylic oxidation sites excluding steroid dienone is 1. The van der Waals surface area contributed by atoms with Gasteiger partial charge in [-0.05, 0) is 55.9 Å². The number of carbonyl (C=O) groups excluding carboxylic acids is 1. The molecule has 9 heteroatoms. The molecule has 0 atom stereocenters. The minimum atomic E-state index is -1.93. The van der Waals surface area contributed by atoms with Gasteiger partial charge in [0, 0.05) is 24.6 Å². The molecule has 0 aromatic carbocycles. The second kappa shape index (κ2) is 9.90. The Kier molecular flexibility index (Phi) is 7.41. The maximum atomic E-state index is 12.3. The smallest absolute Gasteiger partial charge is 0.333 e. The van der Waals surface area contributed by atoms with E-state index in [1.54, 1.807) is 12.3 Å². The number of aryl methyl sites for hydroxylation is 1. The summed E-state index contributed by atoms with van der Waals surface area (Å²) in [6.07, 6.45) is 5.03. The lowest BCUT2D eigenvalue weighted by Crippen LogP contribution is -2.43. The normalized spacial score (nSPS) is 14.8. The van der Waals surface area contributed by atoms with Crippen LogP contribution in [-0.2, 0) is 16.0 Å². The van der Waals surface area contributed by atoms with Gasteiger partial charge in [-0.15, -0.1) is 0 Å². The number of hydrogen-bond acceptors (Lipinski definition) is 6. The predicted molar refractivity (Wildman–Crippen MR) is 127 cm³/mol. The Bertz CT molecular complexity index is 1040. The molecule has 2 aromatic rings. The lowest BCUT2D eigenvalue weighted by atomic mass is 9.96. The van der Waals surface area contributed by atoms with Crippen molar-refractivity contribution in [3.63, 3.8) is 0 Å². The van der Waals surface area contributed by atoms with Crippen LogP contribution in [0.1, 0.15) is 58.6 Å². The fraction of sp³-hybridized carbons (Fsp3) is 0.500. The van der Waals surface area contributed by atoms with Gasteiger partial charge in [-0.2, -0.15) is 0 Å². The van der Waals surface area contributed by atoms with Gasteiger partial charge < -0.3 is 19.4 Å². The largest absolute Gasteiger partial charge is 0.542 e. The molecule has 0 saturated heterocycles. The molecule has 178 valence electrons. The number of rotatable bonds is 8. The van der Waals surface area contributed by atoms with Gasteiger partial charge in [0.25, 0.3) is 8.32 Å². The molecule has 0 radical (unpaired) electrons. The standard InChI is InChI=1S/C24H33N3O5Si/c1-24(2,3)33(4,5)32-17-10-12-20(25-15-17)21-14-16(31-27-21)11-13-22(28)26-19-9-7-6-8-18(19)23(29)30/h10,12,14-15H,6-9,11,13H2,1-5H3,(H,26,28)(H,29,30). The molecule has 2 N–H and O–H groups in total. The molecule has 0 spiro atoms. The van der Waals surface area contributed by atoms with Crippen LogP contribution in [0.25, 0.3) is 11.4 Å². The summed E-state index contributed by atoms with van der Waals surface area (Å²) in [6, 6.07) is 5.51. The van der Waals surface area contributed by atoms with E-state index in [1.807, 2.05) is 12.1 Å². The molecule has 2 aromatic heterocycles. The quantitative estimate of drug-likeness (QED) is 0.516. The van der Waals surface area contributed by atoms with Crippen LogP contribution in [0.5, 0.6) is 5.75 Å². The first kappa shape index (κ1) is 24.7. The van der Waals surface area contributed by atoms with Crippen LogP contribution in [0.2, 0.25) is 18.1 Å². The molecule has 1 aliphatic carbocycles. The fourth-order valence-electron chi connectivity index (χ4n) is 3.34. The first-order chi connectivity index (χ1) is 15.5. The molecular formula is C24H33N3O5Si. The monoisotopic (exact) mass is 471 g/mol. The highest BCUT2D eigenvalue weighted by Gasteiger charge is 2.39. The molecule has 2 heterocycles. The Labute approximate surface area is 195 Å². The molecule has 33 heavy (non-hydrogen) atoms. The van der Waals surface area contributed by atoms with Crippen molar-refractivity contribution in [3.05, 3.63) is 41.4 Å². The van der Waals surface area contributed by atoms with E-state index in [-0.39, 0.29) is 17.4 Å². The van der Waals surface area contributed by atoms with E-state index in [0.29, 0.717) is 47.7 Å². The topological polar surface area (TPSA) is 115 Å². The molecule has 1 aliphatic rings. The summed E-state index contributed by atoms with van der Waals surface area (Å²) in [6.45, 7) is 10.9. The number of nitrogens with one attached hydrogen (secondary N) is 1. The number of carboxylic acids is 1. The van der Waals surface area contributed by atoms with E-state index in [1.165, 1.54) is 0 Å². The molecule has 0 bridgehead atoms. The Morgan fingerprint density at radius 2 is 1.91 bits per heavy atom. The average Bonchev–Trinajstić information content (AvgIpc) is 3.21. The summed E-state index contributed by atoms with van der Waals surface area (Å²) in [5.74, 6) is 0.120. The Balaban J connectivity index is 1.58. The SMILES string of the molecule is CC(C)(C)[Si](C)(C)Oc1ccc(-c2cc(CCC(=O)NC3=C(C(=O)O)CCCC3)on2)nc1. The Hall–Kier alpha value is -2.94. The van der Waals surface area contributed by atoms with Crippen LogP contribution in [-0.4, -0.2) is 35.4 Å². The average molecular weight is 472 g/mol. The Morgan fingerprint density at radius 1 is 1.18 bits per heavy atom. The van der Waals surface area contributed by atoms with E-state index in [9.17, 15) is 14.7 Å². The van der Waals surface area contributed by atoms with Crippen LogP contribution in [0.3, 0.4) is 0 Å². The number of nitrogens with zero attached hydrogens (tertiary/aromatic N) is 2. The molecular weight excluding hydrogens is 438 g/mol. The molecule has 3 rings (SSSR count). The van der Waals surface area contributed by atoms with Crippen molar-refractivity contribution in [2.45, 2.75) is 77.4 Å². The Morgan fingerprint density at radius 3 is 2.55 bits per heavy atom. The maximum absolute atomic E-state index is 12.3. The third kappa shape index (κ3) is 6.31. The van der Waals surface area contributed by atoms with Gasteiger partial charge in [0.2, 0.25) is 5.91 Å². The third-order valence-electron chi connectivity index (χ3n) is 6.35. The number of amides is 1. The predicted octanol–water partition coefficient (Wildman–Crippen LogP) is 5.08. The maximum Gasteiger partial charge on any atom is 0.333 e. The van der Waals surface area contributed by atoms with Crippen LogP contribution in [0.4, 0.5) is 0 Å². The van der Waals surface area contributed by atoms with E-state index in [4.69, 9.17) is 8.95 Å². The minimum absolute atomic E-state index is 0.0989. The van der Waals surface area contributed by atoms with Crippen molar-refractivity contribution < 1.29 is 23.6 Å². The van der Waals surface area contributed by atoms with Crippen molar-refractivity contribution >= 4 is 20.2 Å². The zero-order valence-electron chi connectivity index (χ0n) is 20.0. The lowest BCUT2D eigenvalue weighted by Gasteiger charge is -2.36. The fourth-order valence-corrected chi connectivity index (χ4v) is 4.35. The van der Waals surface area contributed by atoms with Crippen LogP contribution >= 0.6 is 0 Å². The number of carboxylic acid groups (broad SMARTS) is 1. The highest BCUT2D eigenvalue weighted by Crippen LogP contribution is 2.37. The first-order valence-corrected chi connectivity index (χ1v) is 14.2. The highest BCUT2D eigenvalue weighted by atomic mass is 28.4. The second-order valence-corrected chi connectivity index (χ2v) is 14.7. The molecule has 0 unspecified atom stereocenters. The van der Waals surface area contributed by atoms with Crippen molar-refractivity contribution in [1.29, 1.82) is 0 Å². The number of aromatic nitrogens is 2.